The Morgan fingerprint density at radius 1 is 1.24 bits per heavy atom. The fraction of sp³-hybridized carbons (Fsp3) is 0.111. The maximum atomic E-state index is 10.6. The van der Waals surface area contributed by atoms with Gasteiger partial charge in [-0.05, 0) is 12.1 Å². The van der Waals surface area contributed by atoms with E-state index in [2.05, 4.69) is 4.84 Å². The van der Waals surface area contributed by atoms with Gasteiger partial charge in [-0.1, -0.05) is 18.2 Å². The maximum absolute atomic E-state index is 10.6. The fourth-order valence-electron chi connectivity index (χ4n) is 0.932. The predicted octanol–water partition coefficient (Wildman–Crippen LogP) is 1.39. The summed E-state index contributed by atoms with van der Waals surface area (Å²) in [4.78, 5) is 23.5. The lowest BCUT2D eigenvalue weighted by molar-refractivity contribution is -0.755. The van der Waals surface area contributed by atoms with E-state index in [4.69, 9.17) is 4.74 Å². The van der Waals surface area contributed by atoms with E-state index >= 15 is 0 Å². The van der Waals surface area contributed by atoms with Crippen LogP contribution in [0.15, 0.2) is 42.3 Å². The van der Waals surface area contributed by atoms with Gasteiger partial charge in [0.2, 0.25) is 0 Å². The maximum Gasteiger partial charge on any atom is 0.431 e. The van der Waals surface area contributed by atoms with Gasteiger partial charge in [0.05, 0.1) is 6.08 Å². The second-order valence-electron chi connectivity index (χ2n) is 2.73. The number of benzene rings is 1. The van der Waals surface area contributed by atoms with Gasteiger partial charge in [-0.2, -0.15) is 0 Å². The van der Waals surface area contributed by atoms with Crippen molar-refractivity contribution in [3.8, 4) is 5.75 Å². The molecule has 0 spiro atoms. The van der Waals surface area contributed by atoms with Gasteiger partial charge in [-0.25, -0.2) is 0 Å². The van der Waals surface area contributed by atoms with Crippen LogP contribution in [0.3, 0.4) is 0 Å². The minimum Gasteiger partial charge on any atom is -0.402 e. The third-order valence-electron chi connectivity index (χ3n) is 1.58. The van der Waals surface area contributed by atoms with Crippen LogP contribution in [0.25, 0.3) is 0 Å². The van der Waals surface area contributed by atoms with Crippen LogP contribution in [0.5, 0.6) is 5.75 Å². The summed E-state index contributed by atoms with van der Waals surface area (Å²) in [6, 6.07) is 8.04. The molecule has 90 valence electrons. The van der Waals surface area contributed by atoms with Crippen LogP contribution in [0.4, 0.5) is 0 Å². The molecule has 0 saturated heterocycles. The van der Waals surface area contributed by atoms with Gasteiger partial charge in [-0.15, -0.1) is 10.1 Å². The molecular formula is C9H8N2O6. The van der Waals surface area contributed by atoms with E-state index in [9.17, 15) is 20.2 Å². The summed E-state index contributed by atoms with van der Waals surface area (Å²) >= 11 is 0. The average molecular weight is 240 g/mol. The molecule has 17 heavy (non-hydrogen) atoms. The normalized spacial score (nSPS) is 10.7. The standard InChI is InChI=1S/C9H8N2O6/c12-10(13)9(6-7-16-11(14)15)17-8-4-2-1-3-5-8/h1-6H,7H2. The lowest BCUT2D eigenvalue weighted by atomic mass is 10.3. The number of rotatable bonds is 6. The van der Waals surface area contributed by atoms with E-state index in [1.54, 1.807) is 18.2 Å². The quantitative estimate of drug-likeness (QED) is 0.422. The molecule has 0 aliphatic carbocycles. The molecule has 0 unspecified atom stereocenters. The number of hydrogen-bond donors (Lipinski definition) is 0. The molecule has 1 aromatic carbocycles. The Balaban J connectivity index is 2.67. The first-order chi connectivity index (χ1) is 8.09. The monoisotopic (exact) mass is 240 g/mol. The summed E-state index contributed by atoms with van der Waals surface area (Å²) in [7, 11) is 0. The van der Waals surface area contributed by atoms with Crippen molar-refractivity contribution < 1.29 is 19.6 Å². The van der Waals surface area contributed by atoms with Crippen LogP contribution in [0, 0.1) is 20.2 Å². The Morgan fingerprint density at radius 2 is 1.88 bits per heavy atom. The average Bonchev–Trinajstić information content (AvgIpc) is 2.28. The lowest BCUT2D eigenvalue weighted by Gasteiger charge is -2.01. The zero-order chi connectivity index (χ0) is 12.7. The minimum absolute atomic E-state index is 0.261. The van der Waals surface area contributed by atoms with Crippen molar-refractivity contribution in [3.63, 3.8) is 0 Å². The van der Waals surface area contributed by atoms with Crippen LogP contribution in [0.2, 0.25) is 0 Å². The first-order valence-electron chi connectivity index (χ1n) is 4.44. The summed E-state index contributed by atoms with van der Waals surface area (Å²) in [5, 5.41) is 19.4. The van der Waals surface area contributed by atoms with Gasteiger partial charge in [0, 0.05) is 0 Å². The van der Waals surface area contributed by atoms with E-state index in [0.717, 1.165) is 6.08 Å². The van der Waals surface area contributed by atoms with Crippen LogP contribution in [0.1, 0.15) is 0 Å². The smallest absolute Gasteiger partial charge is 0.402 e. The molecule has 0 aliphatic rings. The molecule has 0 radical (unpaired) electrons. The molecular weight excluding hydrogens is 232 g/mol. The van der Waals surface area contributed by atoms with Crippen molar-refractivity contribution in [3.05, 3.63) is 62.5 Å². The SMILES string of the molecule is O=[N+]([O-])OCC=C(Oc1ccccc1)[N+](=O)[O-]. The first kappa shape index (κ1) is 12.4. The largest absolute Gasteiger partial charge is 0.431 e. The van der Waals surface area contributed by atoms with E-state index < -0.39 is 22.5 Å². The highest BCUT2D eigenvalue weighted by molar-refractivity contribution is 5.22. The Morgan fingerprint density at radius 3 is 2.41 bits per heavy atom. The second-order valence-corrected chi connectivity index (χ2v) is 2.73. The molecule has 0 bridgehead atoms. The molecule has 8 heteroatoms. The number of nitro groups is 1. The summed E-state index contributed by atoms with van der Waals surface area (Å²) in [5.41, 5.74) is 0. The van der Waals surface area contributed by atoms with E-state index in [0.29, 0.717) is 0 Å². The van der Waals surface area contributed by atoms with E-state index in [-0.39, 0.29) is 5.75 Å². The number of nitrogens with zero attached hydrogens (tertiary/aromatic N) is 2. The number of ether oxygens (including phenoxy) is 1. The fourth-order valence-corrected chi connectivity index (χ4v) is 0.932. The summed E-state index contributed by atoms with van der Waals surface area (Å²) < 4.78 is 4.92. The van der Waals surface area contributed by atoms with Crippen molar-refractivity contribution in [1.82, 2.24) is 0 Å². The summed E-state index contributed by atoms with van der Waals surface area (Å²) in [5.74, 6) is -0.366. The highest BCUT2D eigenvalue weighted by Gasteiger charge is 2.13. The highest BCUT2D eigenvalue weighted by atomic mass is 16.9. The van der Waals surface area contributed by atoms with Crippen molar-refractivity contribution in [2.45, 2.75) is 0 Å². The Hall–Kier alpha value is -2.64. The molecule has 1 rings (SSSR count). The topological polar surface area (TPSA) is 105 Å². The summed E-state index contributed by atoms with van der Waals surface area (Å²) in [6.45, 7) is -0.545. The van der Waals surface area contributed by atoms with Crippen molar-refractivity contribution in [2.24, 2.45) is 0 Å². The van der Waals surface area contributed by atoms with Crippen LogP contribution in [-0.2, 0) is 4.84 Å². The third-order valence-corrected chi connectivity index (χ3v) is 1.58. The first-order valence-corrected chi connectivity index (χ1v) is 4.44. The van der Waals surface area contributed by atoms with Crippen molar-refractivity contribution in [2.75, 3.05) is 6.61 Å². The lowest BCUT2D eigenvalue weighted by Crippen LogP contribution is -2.09. The minimum atomic E-state index is -1.05. The Labute approximate surface area is 95.3 Å². The van der Waals surface area contributed by atoms with Gasteiger partial charge in [0.25, 0.3) is 5.09 Å². The molecule has 0 heterocycles. The Kier molecular flexibility index (Phi) is 4.43. The van der Waals surface area contributed by atoms with E-state index in [1.807, 2.05) is 0 Å². The Bertz CT molecular complexity index is 430. The number of hydrogen-bond acceptors (Lipinski definition) is 6. The molecule has 0 fully saturated rings. The van der Waals surface area contributed by atoms with Crippen LogP contribution < -0.4 is 4.74 Å². The zero-order valence-electron chi connectivity index (χ0n) is 8.52. The van der Waals surface area contributed by atoms with Crippen molar-refractivity contribution >= 4 is 0 Å². The van der Waals surface area contributed by atoms with Crippen LogP contribution in [-0.4, -0.2) is 16.6 Å². The number of para-hydroxylation sites is 1. The second kappa shape index (κ2) is 6.05. The zero-order valence-corrected chi connectivity index (χ0v) is 8.52. The molecule has 0 saturated carbocycles. The molecule has 0 aromatic heterocycles. The molecule has 0 atom stereocenters. The van der Waals surface area contributed by atoms with Gasteiger partial charge in [0.1, 0.15) is 17.3 Å². The molecule has 1 aromatic rings. The van der Waals surface area contributed by atoms with Gasteiger partial charge < -0.3 is 9.57 Å². The summed E-state index contributed by atoms with van der Waals surface area (Å²) in [6.07, 6.45) is 0.871. The third kappa shape index (κ3) is 4.60. The molecule has 0 aliphatic heterocycles. The van der Waals surface area contributed by atoms with Crippen LogP contribution >= 0.6 is 0 Å². The predicted molar refractivity (Wildman–Crippen MR) is 55.1 cm³/mol. The van der Waals surface area contributed by atoms with Gasteiger partial charge >= 0.3 is 5.88 Å². The van der Waals surface area contributed by atoms with Crippen molar-refractivity contribution in [1.29, 1.82) is 0 Å². The van der Waals surface area contributed by atoms with Gasteiger partial charge in [0.15, 0.2) is 0 Å². The molecule has 0 N–H and O–H groups in total. The van der Waals surface area contributed by atoms with Gasteiger partial charge in [-0.3, -0.25) is 10.1 Å². The highest BCUT2D eigenvalue weighted by Crippen LogP contribution is 2.12. The van der Waals surface area contributed by atoms with E-state index in [1.165, 1.54) is 12.1 Å². The molecule has 8 nitrogen and oxygen atoms in total. The molecule has 0 amide bonds.